The first-order chi connectivity index (χ1) is 25.4. The van der Waals surface area contributed by atoms with Gasteiger partial charge in [-0.3, -0.25) is 0 Å². The van der Waals surface area contributed by atoms with Crippen LogP contribution in [0.3, 0.4) is 0 Å². The van der Waals surface area contributed by atoms with Gasteiger partial charge >= 0.3 is 0 Å². The topological polar surface area (TPSA) is 0 Å². The van der Waals surface area contributed by atoms with Crippen LogP contribution in [0.5, 0.6) is 0 Å². The van der Waals surface area contributed by atoms with E-state index in [-0.39, 0.29) is 0 Å². The monoisotopic (exact) mass is 617 g/mol. The fourth-order valence-corrected chi connectivity index (χ4v) is 9.49. The maximum absolute atomic E-state index is 6.87. The molecule has 58 radical (unpaired) electrons. The molecule has 0 heterocycles. The van der Waals surface area contributed by atoms with E-state index in [2.05, 4.69) is 0 Å². The molecule has 0 aliphatic heterocycles. The summed E-state index contributed by atoms with van der Waals surface area (Å²) in [5.41, 5.74) is 0. The van der Waals surface area contributed by atoms with E-state index in [1.807, 2.05) is 0 Å². The predicted octanol–water partition coefficient (Wildman–Crippen LogP) is -21.3. The van der Waals surface area contributed by atoms with Crippen LogP contribution in [0, 0.1) is 0 Å². The minimum atomic E-state index is -1.48. The van der Waals surface area contributed by atoms with Crippen molar-refractivity contribution in [3.8, 4) is 0 Å². The molecular weight excluding hydrogens is 605 g/mol. The summed E-state index contributed by atoms with van der Waals surface area (Å²) in [5, 5.41) is 0. The number of hydrogen-bond donors (Lipinski definition) is 0. The van der Waals surface area contributed by atoms with E-state index < -0.39 is 172 Å². The Balaban J connectivity index is 10.2. The first-order valence-corrected chi connectivity index (χ1v) is 18.3. The van der Waals surface area contributed by atoms with Gasteiger partial charge in [0, 0.05) is 397 Å². The average Bonchev–Trinajstić information content (AvgIpc) is 2.97. The minimum absolute atomic E-state index is 1.28. The van der Waals surface area contributed by atoms with E-state index >= 15 is 0 Å². The fraction of sp³-hybridized carbons (Fsp3) is 0. The molecule has 0 aliphatic carbocycles. The molecule has 0 N–H and O–H groups in total. The quantitative estimate of drug-likeness (QED) is 0.0861. The number of rotatable bonds is 26. The van der Waals surface area contributed by atoms with Gasteiger partial charge in [0.2, 0.25) is 0 Å². The third-order valence-electron chi connectivity index (χ3n) is 11.6. The summed E-state index contributed by atoms with van der Waals surface area (Å²) in [6.45, 7) is 0. The van der Waals surface area contributed by atoms with Crippen molar-refractivity contribution in [1.82, 2.24) is 0 Å². The minimum Gasteiger partial charge on any atom is 0 e. The molecule has 0 aromatic rings. The summed E-state index contributed by atoms with van der Waals surface area (Å²) in [6.07, 6.45) is -37.2. The SMILES string of the molecule is [B]B([B])B([B])B(B([B])[B])B(B(B(B([B])[B])B([B])[B])B(B([B])[B])B([B])[B])B(B(B(B([B])[B])B([B])[B])B(B([B])[B])B([B])[B])B(B(B([B])[B])B([B])[B])B(B([B])[B])B([B])[B]. The Bertz CT molecular complexity index is 847. The molecule has 56 heteroatoms. The number of hydrogen-bond acceptors (Lipinski definition) is 0. The Hall–Kier alpha value is 3.64. The lowest BCUT2D eigenvalue weighted by molar-refractivity contribution is 3.17. The zero-order valence-electron chi connectivity index (χ0n) is 32.3. The summed E-state index contributed by atoms with van der Waals surface area (Å²) < 4.78 is 0. The molecule has 0 unspecified atom stereocenters. The van der Waals surface area contributed by atoms with Crippen molar-refractivity contribution in [3.63, 3.8) is 0 Å². The second kappa shape index (κ2) is 27.2. The average molecular weight is 605 g/mol. The van der Waals surface area contributed by atoms with Gasteiger partial charge in [-0.25, -0.2) is 0 Å². The van der Waals surface area contributed by atoms with Crippen LogP contribution >= 0.6 is 0 Å². The van der Waals surface area contributed by atoms with Crippen molar-refractivity contribution in [1.29, 1.82) is 0 Å². The first-order valence-electron chi connectivity index (χ1n) is 18.3. The van der Waals surface area contributed by atoms with Crippen molar-refractivity contribution < 1.29 is 0 Å². The summed E-state index contributed by atoms with van der Waals surface area (Å²) in [6, 6.07) is 0. The van der Waals surface area contributed by atoms with Crippen LogP contribution in [0.15, 0.2) is 0 Å². The summed E-state index contributed by atoms with van der Waals surface area (Å²) >= 11 is 0. The molecule has 56 heavy (non-hydrogen) atoms. The zero-order chi connectivity index (χ0) is 44.6. The van der Waals surface area contributed by atoms with Crippen LogP contribution < -0.4 is 0 Å². The molecule has 168 valence electrons. The van der Waals surface area contributed by atoms with E-state index in [9.17, 15) is 0 Å². The van der Waals surface area contributed by atoms with Crippen LogP contribution in [-0.2, 0) is 0 Å². The van der Waals surface area contributed by atoms with Crippen LogP contribution in [0.1, 0.15) is 0 Å². The van der Waals surface area contributed by atoms with Gasteiger partial charge in [0.15, 0.2) is 0 Å². The summed E-state index contributed by atoms with van der Waals surface area (Å²) in [5.74, 6) is 0. The molecule has 0 atom stereocenters. The van der Waals surface area contributed by atoms with Gasteiger partial charge < -0.3 is 0 Å². The molecule has 0 aromatic carbocycles. The van der Waals surface area contributed by atoms with E-state index in [0.717, 1.165) is 0 Å². The molecule has 0 fully saturated rings. The normalized spacial score (nSPS) is 9.71. The second-order valence-electron chi connectivity index (χ2n) is 15.6. The lowest BCUT2D eigenvalue weighted by Gasteiger charge is -2.58. The van der Waals surface area contributed by atoms with Gasteiger partial charge in [0.05, 0.1) is 0 Å². The van der Waals surface area contributed by atoms with Crippen molar-refractivity contribution in [3.05, 3.63) is 0 Å². The molecule has 0 spiro atoms. The largest absolute Gasteiger partial charge is 0 e. The predicted molar refractivity (Wildman–Crippen MR) is 322 cm³/mol. The van der Waals surface area contributed by atoms with Gasteiger partial charge in [0.1, 0.15) is 0 Å². The highest BCUT2D eigenvalue weighted by molar-refractivity contribution is 8.37. The van der Waals surface area contributed by atoms with E-state index in [4.69, 9.17) is 224 Å². The second-order valence-corrected chi connectivity index (χ2v) is 15.6. The molecule has 0 bridgehead atoms. The Labute approximate surface area is 393 Å². The molecule has 0 amide bonds. The molecular formula is B56. The van der Waals surface area contributed by atoms with Gasteiger partial charge in [-0.15, -0.1) is 0 Å². The van der Waals surface area contributed by atoms with Crippen LogP contribution in [0.4, 0.5) is 0 Å². The highest BCUT2D eigenvalue weighted by Crippen LogP contribution is 2.23. The molecule has 0 nitrogen and oxygen atoms in total. The lowest BCUT2D eigenvalue weighted by atomic mass is 8.23. The molecule has 0 rings (SSSR count). The zero-order valence-corrected chi connectivity index (χ0v) is 32.3. The highest BCUT2D eigenvalue weighted by atomic mass is 13.4. The van der Waals surface area contributed by atoms with E-state index in [1.54, 1.807) is 0 Å². The molecule has 0 saturated heterocycles. The van der Waals surface area contributed by atoms with Crippen molar-refractivity contribution in [2.24, 2.45) is 0 Å². The van der Waals surface area contributed by atoms with E-state index in [1.165, 1.54) is 0 Å². The smallest absolute Gasteiger partial charge is 0 e. The lowest BCUT2D eigenvalue weighted by Crippen LogP contribution is -2.96. The standard InChI is InChI=1S/B56/c1-30(2)44(29)51(43(27)28)55(52(45(31(3)4)32(5)6)46(33(7)8)34(9)10)56(53(47(35(11)12)36(13)14)48(37(15)16)38(17)18)54(49(39(19)20)40(21)22)50(41(23)24)42(25)26. The van der Waals surface area contributed by atoms with Crippen LogP contribution in [0.2, 0.25) is 0 Å². The fourth-order valence-electron chi connectivity index (χ4n) is 9.49. The van der Waals surface area contributed by atoms with Crippen LogP contribution in [-0.4, -0.2) is 397 Å². The Morgan fingerprint density at radius 1 is 0.107 bits per heavy atom. The Morgan fingerprint density at radius 2 is 0.214 bits per heavy atom. The van der Waals surface area contributed by atoms with E-state index in [0.29, 0.717) is 0 Å². The molecule has 0 aromatic heterocycles. The Kier molecular flexibility index (Phi) is 29.0. The van der Waals surface area contributed by atoms with Crippen molar-refractivity contribution in [2.45, 2.75) is 0 Å². The van der Waals surface area contributed by atoms with Crippen LogP contribution in [0.25, 0.3) is 0 Å². The van der Waals surface area contributed by atoms with Crippen molar-refractivity contribution >= 4 is 397 Å². The third-order valence-corrected chi connectivity index (χ3v) is 11.6. The van der Waals surface area contributed by atoms with Gasteiger partial charge in [0.25, 0.3) is 0 Å². The van der Waals surface area contributed by atoms with Crippen molar-refractivity contribution in [2.75, 3.05) is 0 Å². The van der Waals surface area contributed by atoms with Gasteiger partial charge in [-0.1, -0.05) is 0 Å². The maximum Gasteiger partial charge on any atom is 0 e. The maximum atomic E-state index is 6.87. The summed E-state index contributed by atoms with van der Waals surface area (Å²) in [7, 11) is 189. The highest BCUT2D eigenvalue weighted by Gasteiger charge is 2.61. The van der Waals surface area contributed by atoms with Gasteiger partial charge in [-0.2, -0.15) is 0 Å². The summed E-state index contributed by atoms with van der Waals surface area (Å²) in [4.78, 5) is 0. The molecule has 0 saturated carbocycles. The molecule has 0 aliphatic rings. The first kappa shape index (κ1) is 59.6. The van der Waals surface area contributed by atoms with Gasteiger partial charge in [-0.05, 0) is 0 Å². The third kappa shape index (κ3) is 16.0. The Morgan fingerprint density at radius 3 is 0.321 bits per heavy atom.